The number of aliphatic hydroxyl groups is 2. The monoisotopic (exact) mass is 332 g/mol. The van der Waals surface area contributed by atoms with Gasteiger partial charge >= 0.3 is 0 Å². The maximum atomic E-state index is 12.1. The molecule has 0 radical (unpaired) electrons. The molecule has 0 amide bonds. The zero-order chi connectivity index (χ0) is 17.3. The van der Waals surface area contributed by atoms with Crippen LogP contribution in [0.15, 0.2) is 11.6 Å². The molecule has 0 aliphatic heterocycles. The number of fused-ring (bicyclic) bond motifs is 5. The molecule has 0 spiro atoms. The van der Waals surface area contributed by atoms with E-state index in [0.717, 1.165) is 32.1 Å². The second-order valence-electron chi connectivity index (χ2n) is 9.63. The van der Waals surface area contributed by atoms with Gasteiger partial charge in [0.25, 0.3) is 0 Å². The Morgan fingerprint density at radius 2 is 1.92 bits per heavy atom. The third-order valence-electron chi connectivity index (χ3n) is 8.96. The minimum Gasteiger partial charge on any atom is -0.395 e. The standard InChI is InChI=1S/C21H32O3/c1-13-10-15(23)11-14-4-5-16-17-7-9-20(3,24)19(17,2)8-6-18(16)21(13,14)12-22/h4,13,16-18,22,24H,5-12H2,1-3H3/t13-,16-,17-,18-,19-,20-,21-/m0/s1. The van der Waals surface area contributed by atoms with Crippen LogP contribution in [0.5, 0.6) is 0 Å². The smallest absolute Gasteiger partial charge is 0.137 e. The minimum absolute atomic E-state index is 0.00385. The zero-order valence-electron chi connectivity index (χ0n) is 15.3. The van der Waals surface area contributed by atoms with E-state index in [-0.39, 0.29) is 23.4 Å². The highest BCUT2D eigenvalue weighted by Gasteiger charge is 2.63. The Morgan fingerprint density at radius 1 is 1.21 bits per heavy atom. The highest BCUT2D eigenvalue weighted by Crippen LogP contribution is 2.67. The number of allylic oxidation sites excluding steroid dienone is 1. The van der Waals surface area contributed by atoms with Crippen LogP contribution in [0.3, 0.4) is 0 Å². The van der Waals surface area contributed by atoms with E-state index in [1.807, 2.05) is 6.92 Å². The van der Waals surface area contributed by atoms with Gasteiger partial charge in [0, 0.05) is 18.3 Å². The van der Waals surface area contributed by atoms with Crippen molar-refractivity contribution in [3.05, 3.63) is 11.6 Å². The molecule has 0 bridgehead atoms. The molecule has 0 aromatic heterocycles. The molecule has 3 fully saturated rings. The summed E-state index contributed by atoms with van der Waals surface area (Å²) in [5.74, 6) is 2.12. The van der Waals surface area contributed by atoms with Crippen LogP contribution in [0, 0.1) is 34.5 Å². The fraction of sp³-hybridized carbons (Fsp3) is 0.857. The van der Waals surface area contributed by atoms with Crippen LogP contribution in [0.25, 0.3) is 0 Å². The lowest BCUT2D eigenvalue weighted by atomic mass is 9.45. The van der Waals surface area contributed by atoms with Gasteiger partial charge in [0.15, 0.2) is 0 Å². The summed E-state index contributed by atoms with van der Waals surface area (Å²) in [6, 6.07) is 0. The van der Waals surface area contributed by atoms with Crippen molar-refractivity contribution in [1.29, 1.82) is 0 Å². The molecule has 0 saturated heterocycles. The highest BCUT2D eigenvalue weighted by atomic mass is 16.3. The molecule has 7 atom stereocenters. The summed E-state index contributed by atoms with van der Waals surface area (Å²) >= 11 is 0. The van der Waals surface area contributed by atoms with Crippen molar-refractivity contribution >= 4 is 5.78 Å². The van der Waals surface area contributed by atoms with Crippen LogP contribution in [0.2, 0.25) is 0 Å². The first-order valence-corrected chi connectivity index (χ1v) is 9.81. The molecule has 3 nitrogen and oxygen atoms in total. The van der Waals surface area contributed by atoms with Crippen molar-refractivity contribution < 1.29 is 15.0 Å². The second kappa shape index (κ2) is 5.17. The van der Waals surface area contributed by atoms with Gasteiger partial charge in [0.1, 0.15) is 5.78 Å². The van der Waals surface area contributed by atoms with Crippen molar-refractivity contribution in [3.63, 3.8) is 0 Å². The number of rotatable bonds is 1. The van der Waals surface area contributed by atoms with Crippen LogP contribution < -0.4 is 0 Å². The fourth-order valence-corrected chi connectivity index (χ4v) is 7.31. The predicted molar refractivity (Wildman–Crippen MR) is 93.3 cm³/mol. The van der Waals surface area contributed by atoms with Gasteiger partial charge in [-0.25, -0.2) is 0 Å². The SMILES string of the molecule is C[C@H]1CC(=O)CC2=CC[C@@H]3[C@H](CC[C@@]4(C)[C@H]3CC[C@]4(C)O)[C@]21CO. The maximum absolute atomic E-state index is 12.1. The number of Topliss-reactive ketones (excluding diaryl/α,β-unsaturated/α-hetero) is 1. The van der Waals surface area contributed by atoms with Gasteiger partial charge in [-0.2, -0.15) is 0 Å². The van der Waals surface area contributed by atoms with Gasteiger partial charge in [-0.3, -0.25) is 4.79 Å². The fourth-order valence-electron chi connectivity index (χ4n) is 7.31. The first kappa shape index (κ1) is 16.8. The molecule has 0 unspecified atom stereocenters. The van der Waals surface area contributed by atoms with Crippen molar-refractivity contribution in [2.75, 3.05) is 6.61 Å². The summed E-state index contributed by atoms with van der Waals surface area (Å²) in [5, 5.41) is 21.4. The number of hydrogen-bond acceptors (Lipinski definition) is 3. The van der Waals surface area contributed by atoms with E-state index in [1.54, 1.807) is 0 Å². The molecule has 4 aliphatic carbocycles. The molecule has 134 valence electrons. The Morgan fingerprint density at radius 3 is 2.62 bits per heavy atom. The zero-order valence-corrected chi connectivity index (χ0v) is 15.3. The van der Waals surface area contributed by atoms with E-state index in [4.69, 9.17) is 0 Å². The second-order valence-corrected chi connectivity index (χ2v) is 9.63. The van der Waals surface area contributed by atoms with Crippen LogP contribution in [0.4, 0.5) is 0 Å². The first-order chi connectivity index (χ1) is 11.3. The molecule has 4 aliphatic rings. The Hall–Kier alpha value is -0.670. The topological polar surface area (TPSA) is 57.5 Å². The van der Waals surface area contributed by atoms with Crippen molar-refractivity contribution in [2.24, 2.45) is 34.5 Å². The van der Waals surface area contributed by atoms with E-state index < -0.39 is 5.60 Å². The number of carbonyl (C=O) groups excluding carboxylic acids is 1. The van der Waals surface area contributed by atoms with Gasteiger partial charge in [-0.15, -0.1) is 0 Å². The van der Waals surface area contributed by atoms with Crippen LogP contribution in [-0.4, -0.2) is 28.2 Å². The number of aliphatic hydroxyl groups excluding tert-OH is 1. The summed E-state index contributed by atoms with van der Waals surface area (Å²) in [6.07, 6.45) is 8.60. The van der Waals surface area contributed by atoms with E-state index >= 15 is 0 Å². The summed E-state index contributed by atoms with van der Waals surface area (Å²) < 4.78 is 0. The molecule has 3 saturated carbocycles. The Balaban J connectivity index is 1.76. The van der Waals surface area contributed by atoms with Gasteiger partial charge < -0.3 is 10.2 Å². The minimum atomic E-state index is -0.562. The Kier molecular flexibility index (Phi) is 3.61. The van der Waals surface area contributed by atoms with E-state index in [2.05, 4.69) is 19.9 Å². The normalized spacial score (nSPS) is 53.9. The molecule has 0 heterocycles. The molecule has 3 heteroatoms. The Labute approximate surface area is 145 Å². The van der Waals surface area contributed by atoms with Gasteiger partial charge in [-0.1, -0.05) is 25.5 Å². The van der Waals surface area contributed by atoms with Crippen molar-refractivity contribution in [1.82, 2.24) is 0 Å². The van der Waals surface area contributed by atoms with Gasteiger partial charge in [0.05, 0.1) is 12.2 Å². The summed E-state index contributed by atoms with van der Waals surface area (Å²) in [7, 11) is 0. The van der Waals surface area contributed by atoms with E-state index in [1.165, 1.54) is 5.57 Å². The number of carbonyl (C=O) groups is 1. The predicted octanol–water partition coefficient (Wildman–Crippen LogP) is 3.49. The van der Waals surface area contributed by atoms with Crippen LogP contribution >= 0.6 is 0 Å². The summed E-state index contributed by atoms with van der Waals surface area (Å²) in [4.78, 5) is 12.1. The third kappa shape index (κ3) is 1.89. The molecule has 0 aromatic carbocycles. The third-order valence-corrected chi connectivity index (χ3v) is 8.96. The molecule has 2 N–H and O–H groups in total. The molecular weight excluding hydrogens is 300 g/mol. The molecule has 0 aromatic rings. The lowest BCUT2D eigenvalue weighted by Gasteiger charge is -2.60. The lowest BCUT2D eigenvalue weighted by molar-refractivity contribution is -0.138. The Bertz CT molecular complexity index is 592. The largest absolute Gasteiger partial charge is 0.395 e. The average molecular weight is 332 g/mol. The molecular formula is C21H32O3. The number of hydrogen-bond donors (Lipinski definition) is 2. The van der Waals surface area contributed by atoms with E-state index in [9.17, 15) is 15.0 Å². The van der Waals surface area contributed by atoms with Crippen LogP contribution in [0.1, 0.15) is 65.7 Å². The first-order valence-electron chi connectivity index (χ1n) is 9.81. The average Bonchev–Trinajstić information content (AvgIpc) is 2.77. The highest BCUT2D eigenvalue weighted by molar-refractivity contribution is 5.83. The molecule has 24 heavy (non-hydrogen) atoms. The lowest BCUT2D eigenvalue weighted by Crippen LogP contribution is -2.57. The van der Waals surface area contributed by atoms with Gasteiger partial charge in [-0.05, 0) is 68.1 Å². The van der Waals surface area contributed by atoms with Crippen LogP contribution in [-0.2, 0) is 4.79 Å². The van der Waals surface area contributed by atoms with Crippen molar-refractivity contribution in [2.45, 2.75) is 71.3 Å². The number of ketones is 1. The quantitative estimate of drug-likeness (QED) is 0.723. The van der Waals surface area contributed by atoms with Crippen molar-refractivity contribution in [3.8, 4) is 0 Å². The van der Waals surface area contributed by atoms with E-state index in [0.29, 0.717) is 36.4 Å². The van der Waals surface area contributed by atoms with Gasteiger partial charge in [0.2, 0.25) is 0 Å². The molecule has 4 rings (SSSR count). The maximum Gasteiger partial charge on any atom is 0.137 e. The summed E-state index contributed by atoms with van der Waals surface area (Å²) in [6.45, 7) is 6.66. The summed E-state index contributed by atoms with van der Waals surface area (Å²) in [5.41, 5.74) is 0.479.